The van der Waals surface area contributed by atoms with Crippen molar-refractivity contribution in [1.29, 1.82) is 0 Å². The van der Waals surface area contributed by atoms with Crippen molar-refractivity contribution in [3.05, 3.63) is 65.7 Å². The number of likely N-dealkylation sites (tertiary alicyclic amines) is 1. The zero-order valence-corrected chi connectivity index (χ0v) is 18.3. The first kappa shape index (κ1) is 22.6. The van der Waals surface area contributed by atoms with Crippen LogP contribution in [0.25, 0.3) is 0 Å². The van der Waals surface area contributed by atoms with E-state index in [0.29, 0.717) is 30.7 Å². The number of benzene rings is 2. The van der Waals surface area contributed by atoms with Crippen molar-refractivity contribution in [2.75, 3.05) is 26.2 Å². The highest BCUT2D eigenvalue weighted by Crippen LogP contribution is 2.20. The van der Waals surface area contributed by atoms with Gasteiger partial charge in [0.1, 0.15) is 5.75 Å². The lowest BCUT2D eigenvalue weighted by Crippen LogP contribution is -2.45. The molecule has 0 bridgehead atoms. The van der Waals surface area contributed by atoms with Gasteiger partial charge in [-0.1, -0.05) is 30.3 Å². The molecule has 0 spiro atoms. The van der Waals surface area contributed by atoms with E-state index in [1.807, 2.05) is 13.0 Å². The molecular formula is C24H33N5O2. The van der Waals surface area contributed by atoms with Crippen LogP contribution in [0, 0.1) is 0 Å². The van der Waals surface area contributed by atoms with Gasteiger partial charge in [-0.2, -0.15) is 0 Å². The lowest BCUT2D eigenvalue weighted by molar-refractivity contribution is 0.0955. The van der Waals surface area contributed by atoms with E-state index in [9.17, 15) is 9.90 Å². The first-order valence-corrected chi connectivity index (χ1v) is 10.9. The minimum atomic E-state index is -0.172. The molecule has 1 aliphatic heterocycles. The molecule has 2 aromatic rings. The number of phenols is 1. The molecule has 1 aliphatic rings. The molecule has 2 aromatic carbocycles. The summed E-state index contributed by atoms with van der Waals surface area (Å²) in [5.41, 5.74) is 1.85. The topological polar surface area (TPSA) is 89.0 Å². The number of phenolic OH excluding ortho intramolecular Hbond substituents is 1. The van der Waals surface area contributed by atoms with Gasteiger partial charge in [0.15, 0.2) is 5.96 Å². The van der Waals surface area contributed by atoms with Crippen LogP contribution in [0.15, 0.2) is 59.6 Å². The van der Waals surface area contributed by atoms with Gasteiger partial charge in [-0.15, -0.1) is 0 Å². The summed E-state index contributed by atoms with van der Waals surface area (Å²) in [7, 11) is 0. The molecule has 0 aliphatic carbocycles. The highest BCUT2D eigenvalue weighted by Gasteiger charge is 2.29. The smallest absolute Gasteiger partial charge is 0.251 e. The number of rotatable bonds is 8. The largest absolute Gasteiger partial charge is 0.508 e. The molecule has 3 rings (SSSR count). The van der Waals surface area contributed by atoms with E-state index < -0.39 is 0 Å². The molecule has 1 fully saturated rings. The predicted octanol–water partition coefficient (Wildman–Crippen LogP) is 2.34. The first-order chi connectivity index (χ1) is 15.0. The van der Waals surface area contributed by atoms with Gasteiger partial charge in [0.25, 0.3) is 5.91 Å². The second-order valence-corrected chi connectivity index (χ2v) is 7.90. The Labute approximate surface area is 184 Å². The van der Waals surface area contributed by atoms with Crippen molar-refractivity contribution in [1.82, 2.24) is 20.9 Å². The molecule has 1 saturated heterocycles. The summed E-state index contributed by atoms with van der Waals surface area (Å²) >= 11 is 0. The van der Waals surface area contributed by atoms with E-state index in [2.05, 4.69) is 57.0 Å². The summed E-state index contributed by atoms with van der Waals surface area (Å²) in [5.74, 6) is 0.751. The molecule has 0 radical (unpaired) electrons. The van der Waals surface area contributed by atoms with E-state index in [1.54, 1.807) is 12.1 Å². The third-order valence-corrected chi connectivity index (χ3v) is 5.41. The molecule has 0 aromatic heterocycles. The average molecular weight is 424 g/mol. The van der Waals surface area contributed by atoms with Crippen molar-refractivity contribution >= 4 is 11.9 Å². The summed E-state index contributed by atoms with van der Waals surface area (Å²) in [6.45, 7) is 7.94. The van der Waals surface area contributed by atoms with Crippen LogP contribution in [0.4, 0.5) is 0 Å². The lowest BCUT2D eigenvalue weighted by Gasteiger charge is -2.21. The van der Waals surface area contributed by atoms with Crippen LogP contribution in [-0.4, -0.2) is 60.1 Å². The van der Waals surface area contributed by atoms with Gasteiger partial charge in [-0.05, 0) is 50.1 Å². The molecule has 1 heterocycles. The summed E-state index contributed by atoms with van der Waals surface area (Å²) in [6.07, 6.45) is 1.06. The number of nitrogens with one attached hydrogen (secondary N) is 3. The summed E-state index contributed by atoms with van der Waals surface area (Å²) < 4.78 is 0. The molecule has 0 saturated carbocycles. The van der Waals surface area contributed by atoms with Crippen LogP contribution < -0.4 is 16.0 Å². The van der Waals surface area contributed by atoms with Gasteiger partial charge in [0, 0.05) is 43.8 Å². The highest BCUT2D eigenvalue weighted by atomic mass is 16.3. The van der Waals surface area contributed by atoms with Gasteiger partial charge >= 0.3 is 0 Å². The number of carbonyl (C=O) groups excluding carboxylic acids is 1. The lowest BCUT2D eigenvalue weighted by atomic mass is 10.2. The number of carbonyl (C=O) groups is 1. The Hall–Kier alpha value is -3.06. The Morgan fingerprint density at radius 1 is 1.13 bits per heavy atom. The third kappa shape index (κ3) is 7.00. The van der Waals surface area contributed by atoms with Crippen LogP contribution in [0.2, 0.25) is 0 Å². The monoisotopic (exact) mass is 423 g/mol. The highest BCUT2D eigenvalue weighted by molar-refractivity contribution is 5.94. The minimum Gasteiger partial charge on any atom is -0.508 e. The Morgan fingerprint density at radius 3 is 2.58 bits per heavy atom. The summed E-state index contributed by atoms with van der Waals surface area (Å²) in [4.78, 5) is 19.3. The Bertz CT molecular complexity index is 854. The second-order valence-electron chi connectivity index (χ2n) is 7.90. The molecule has 4 N–H and O–H groups in total. The average Bonchev–Trinajstić information content (AvgIpc) is 3.11. The fraction of sp³-hybridized carbons (Fsp3) is 0.417. The number of guanidine groups is 1. The molecule has 7 heteroatoms. The quantitative estimate of drug-likeness (QED) is 0.297. The van der Waals surface area contributed by atoms with Gasteiger partial charge in [-0.25, -0.2) is 0 Å². The van der Waals surface area contributed by atoms with Gasteiger partial charge in [-0.3, -0.25) is 14.7 Å². The maximum absolute atomic E-state index is 12.1. The Morgan fingerprint density at radius 2 is 1.87 bits per heavy atom. The Balaban J connectivity index is 1.47. The van der Waals surface area contributed by atoms with Gasteiger partial charge < -0.3 is 21.1 Å². The Kier molecular flexibility index (Phi) is 8.29. The fourth-order valence-electron chi connectivity index (χ4n) is 3.81. The molecule has 31 heavy (non-hydrogen) atoms. The van der Waals surface area contributed by atoms with Crippen LogP contribution in [0.5, 0.6) is 5.75 Å². The van der Waals surface area contributed by atoms with Crippen molar-refractivity contribution in [2.24, 2.45) is 4.99 Å². The second kappa shape index (κ2) is 11.4. The first-order valence-electron chi connectivity index (χ1n) is 10.9. The zero-order chi connectivity index (χ0) is 22.1. The molecule has 2 unspecified atom stereocenters. The molecule has 7 nitrogen and oxygen atoms in total. The van der Waals surface area contributed by atoms with Crippen LogP contribution in [0.3, 0.4) is 0 Å². The normalized spacial score (nSPS) is 19.2. The number of amides is 1. The van der Waals surface area contributed by atoms with Crippen molar-refractivity contribution in [2.45, 2.75) is 38.9 Å². The number of nitrogens with zero attached hydrogens (tertiary/aromatic N) is 2. The zero-order valence-electron chi connectivity index (χ0n) is 18.3. The number of aromatic hydroxyl groups is 1. The summed E-state index contributed by atoms with van der Waals surface area (Å²) in [5, 5.41) is 19.0. The van der Waals surface area contributed by atoms with Crippen molar-refractivity contribution in [3.8, 4) is 5.75 Å². The fourth-order valence-corrected chi connectivity index (χ4v) is 3.81. The summed E-state index contributed by atoms with van der Waals surface area (Å²) in [6, 6.07) is 17.6. The van der Waals surface area contributed by atoms with Crippen LogP contribution in [0.1, 0.15) is 36.2 Å². The van der Waals surface area contributed by atoms with Gasteiger partial charge in [0.2, 0.25) is 0 Å². The maximum Gasteiger partial charge on any atom is 0.251 e. The number of hydrogen-bond donors (Lipinski definition) is 4. The molecule has 166 valence electrons. The standard InChI is InChI=1S/C24H33N5O2/c1-3-25-24(27-14-13-26-23(31)20-9-11-22(30)12-10-20)28-21-15-18(2)29(17-21)16-19-7-5-4-6-8-19/h4-12,18,21,30H,3,13-17H2,1-2H3,(H,26,31)(H2,25,27,28). The van der Waals surface area contributed by atoms with Gasteiger partial charge in [0.05, 0.1) is 6.54 Å². The predicted molar refractivity (Wildman–Crippen MR) is 124 cm³/mol. The maximum atomic E-state index is 12.1. The van der Waals surface area contributed by atoms with E-state index in [4.69, 9.17) is 0 Å². The number of aliphatic imine (C=N–C) groups is 1. The molecule has 2 atom stereocenters. The minimum absolute atomic E-state index is 0.145. The molecular weight excluding hydrogens is 390 g/mol. The van der Waals surface area contributed by atoms with E-state index in [1.165, 1.54) is 17.7 Å². The van der Waals surface area contributed by atoms with E-state index in [-0.39, 0.29) is 11.7 Å². The van der Waals surface area contributed by atoms with Crippen LogP contribution >= 0.6 is 0 Å². The molecule has 1 amide bonds. The van der Waals surface area contributed by atoms with E-state index in [0.717, 1.165) is 32.0 Å². The van der Waals surface area contributed by atoms with Crippen molar-refractivity contribution in [3.63, 3.8) is 0 Å². The van der Waals surface area contributed by atoms with Crippen LogP contribution in [-0.2, 0) is 6.54 Å². The third-order valence-electron chi connectivity index (χ3n) is 5.41. The van der Waals surface area contributed by atoms with Crippen molar-refractivity contribution < 1.29 is 9.90 Å². The number of hydrogen-bond acceptors (Lipinski definition) is 4. The van der Waals surface area contributed by atoms with E-state index >= 15 is 0 Å². The SMILES string of the molecule is CCNC(=NCCNC(=O)c1ccc(O)cc1)NC1CC(C)N(Cc2ccccc2)C1.